The summed E-state index contributed by atoms with van der Waals surface area (Å²) in [5.74, 6) is 0.374. The molecule has 0 spiro atoms. The van der Waals surface area contributed by atoms with Gasteiger partial charge >= 0.3 is 6.03 Å². The van der Waals surface area contributed by atoms with Crippen molar-refractivity contribution in [2.45, 2.75) is 12.5 Å². The molecule has 0 aliphatic carbocycles. The minimum absolute atomic E-state index is 0.393. The molecule has 5 rings (SSSR count). The molecule has 1 heterocycles. The van der Waals surface area contributed by atoms with Crippen molar-refractivity contribution in [1.29, 1.82) is 0 Å². The van der Waals surface area contributed by atoms with Crippen LogP contribution in [0.2, 0.25) is 0 Å². The molecule has 0 aromatic heterocycles. The van der Waals surface area contributed by atoms with E-state index in [1.807, 2.05) is 72.8 Å². The van der Waals surface area contributed by atoms with E-state index in [-0.39, 0.29) is 0 Å². The quantitative estimate of drug-likeness (QED) is 0.391. The first-order valence-corrected chi connectivity index (χ1v) is 11.2. The summed E-state index contributed by atoms with van der Waals surface area (Å²) >= 11 is 0. The smallest absolute Gasteiger partial charge is 0.325 e. The number of fused-ring (bicyclic) bond motifs is 1. The summed E-state index contributed by atoms with van der Waals surface area (Å²) in [6, 6.07) is 29.0. The molecule has 1 atom stereocenters. The molecular formula is C28H23N3O4. The molecule has 1 saturated heterocycles. The number of nitrogens with zero attached hydrogens (tertiary/aromatic N) is 1. The molecular weight excluding hydrogens is 442 g/mol. The Morgan fingerprint density at radius 2 is 1.51 bits per heavy atom. The third-order valence-electron chi connectivity index (χ3n) is 6.02. The van der Waals surface area contributed by atoms with E-state index in [9.17, 15) is 14.4 Å². The van der Waals surface area contributed by atoms with Crippen molar-refractivity contribution < 1.29 is 19.1 Å². The van der Waals surface area contributed by atoms with Crippen LogP contribution in [0.3, 0.4) is 0 Å². The molecule has 7 heteroatoms. The highest BCUT2D eigenvalue weighted by Crippen LogP contribution is 2.31. The lowest BCUT2D eigenvalue weighted by Crippen LogP contribution is -2.42. The summed E-state index contributed by atoms with van der Waals surface area (Å²) in [7, 11) is 0. The van der Waals surface area contributed by atoms with E-state index in [1.165, 1.54) is 0 Å². The molecule has 35 heavy (non-hydrogen) atoms. The Kier molecular flexibility index (Phi) is 5.66. The van der Waals surface area contributed by atoms with Gasteiger partial charge in [-0.2, -0.15) is 0 Å². The number of rotatable bonds is 6. The van der Waals surface area contributed by atoms with Gasteiger partial charge in [-0.15, -0.1) is 0 Å². The Hall–Kier alpha value is -4.65. The maximum atomic E-state index is 13.2. The summed E-state index contributed by atoms with van der Waals surface area (Å²) in [5.41, 5.74) is -0.0658. The Morgan fingerprint density at radius 3 is 2.26 bits per heavy atom. The average molecular weight is 466 g/mol. The van der Waals surface area contributed by atoms with Crippen LogP contribution in [0.25, 0.3) is 10.8 Å². The van der Waals surface area contributed by atoms with Gasteiger partial charge in [0.2, 0.25) is 5.91 Å². The van der Waals surface area contributed by atoms with Gasteiger partial charge in [-0.1, -0.05) is 54.6 Å². The number of nitrogens with one attached hydrogen (secondary N) is 2. The van der Waals surface area contributed by atoms with Crippen molar-refractivity contribution in [3.63, 3.8) is 0 Å². The van der Waals surface area contributed by atoms with Crippen LogP contribution in [0.1, 0.15) is 12.5 Å². The zero-order valence-corrected chi connectivity index (χ0v) is 19.0. The van der Waals surface area contributed by atoms with Crippen LogP contribution in [0.4, 0.5) is 10.5 Å². The van der Waals surface area contributed by atoms with Gasteiger partial charge in [0, 0.05) is 5.69 Å². The maximum Gasteiger partial charge on any atom is 0.325 e. The second-order valence-corrected chi connectivity index (χ2v) is 8.50. The van der Waals surface area contributed by atoms with Crippen LogP contribution in [0.5, 0.6) is 11.5 Å². The van der Waals surface area contributed by atoms with Crippen LogP contribution in [-0.4, -0.2) is 29.3 Å². The van der Waals surface area contributed by atoms with E-state index < -0.39 is 29.9 Å². The lowest BCUT2D eigenvalue weighted by atomic mass is 9.90. The first-order valence-electron chi connectivity index (χ1n) is 11.2. The number of amides is 4. The minimum Gasteiger partial charge on any atom is -0.457 e. The predicted molar refractivity (Wildman–Crippen MR) is 133 cm³/mol. The van der Waals surface area contributed by atoms with Crippen molar-refractivity contribution >= 4 is 34.3 Å². The SMILES string of the molecule is CC1(c2ccc3ccccc3c2)NC(=O)N(CC(=O)Nc2ccc(Oc3ccccc3)cc2)C1=O. The Balaban J connectivity index is 1.25. The second kappa shape index (κ2) is 8.95. The van der Waals surface area contributed by atoms with Crippen molar-refractivity contribution in [2.75, 3.05) is 11.9 Å². The van der Waals surface area contributed by atoms with Gasteiger partial charge in [-0.25, -0.2) is 4.79 Å². The van der Waals surface area contributed by atoms with Gasteiger partial charge in [0.15, 0.2) is 0 Å². The summed E-state index contributed by atoms with van der Waals surface area (Å²) in [5, 5.41) is 7.47. The number of carbonyl (C=O) groups excluding carboxylic acids is 3. The van der Waals surface area contributed by atoms with Gasteiger partial charge in [0.1, 0.15) is 23.6 Å². The van der Waals surface area contributed by atoms with Crippen LogP contribution in [0, 0.1) is 0 Å². The highest BCUT2D eigenvalue weighted by molar-refractivity contribution is 6.10. The van der Waals surface area contributed by atoms with Crippen molar-refractivity contribution in [1.82, 2.24) is 10.2 Å². The number of carbonyl (C=O) groups is 3. The van der Waals surface area contributed by atoms with Gasteiger partial charge in [0.05, 0.1) is 0 Å². The molecule has 2 N–H and O–H groups in total. The standard InChI is InChI=1S/C28H23N3O4/c1-28(21-12-11-19-7-5-6-8-20(19)17-21)26(33)31(27(34)30-28)18-25(32)29-22-13-15-24(16-14-22)35-23-9-3-2-4-10-23/h2-17H,18H2,1H3,(H,29,32)(H,30,34). The maximum absolute atomic E-state index is 13.2. The average Bonchev–Trinajstić information content (AvgIpc) is 3.09. The molecule has 1 aliphatic rings. The lowest BCUT2D eigenvalue weighted by Gasteiger charge is -2.22. The topological polar surface area (TPSA) is 87.7 Å². The summed E-state index contributed by atoms with van der Waals surface area (Å²) < 4.78 is 5.75. The third kappa shape index (κ3) is 4.44. The van der Waals surface area contributed by atoms with E-state index in [1.54, 1.807) is 31.2 Å². The minimum atomic E-state index is -1.25. The van der Waals surface area contributed by atoms with E-state index in [4.69, 9.17) is 4.74 Å². The Bertz CT molecular complexity index is 1420. The zero-order valence-electron chi connectivity index (χ0n) is 19.0. The molecule has 1 aliphatic heterocycles. The van der Waals surface area contributed by atoms with Crippen LogP contribution >= 0.6 is 0 Å². The van der Waals surface area contributed by atoms with Crippen molar-refractivity contribution in [2.24, 2.45) is 0 Å². The number of urea groups is 1. The number of hydrogen-bond donors (Lipinski definition) is 2. The predicted octanol–water partition coefficient (Wildman–Crippen LogP) is 5.04. The fourth-order valence-corrected chi connectivity index (χ4v) is 4.11. The molecule has 0 bridgehead atoms. The largest absolute Gasteiger partial charge is 0.457 e. The van der Waals surface area contributed by atoms with Crippen LogP contribution < -0.4 is 15.4 Å². The van der Waals surface area contributed by atoms with Gasteiger partial charge in [0.25, 0.3) is 5.91 Å². The van der Waals surface area contributed by atoms with E-state index >= 15 is 0 Å². The Labute approximate surface area is 202 Å². The number of hydrogen-bond acceptors (Lipinski definition) is 4. The molecule has 0 saturated carbocycles. The second-order valence-electron chi connectivity index (χ2n) is 8.50. The monoisotopic (exact) mass is 465 g/mol. The van der Waals surface area contributed by atoms with E-state index in [2.05, 4.69) is 10.6 Å². The number of imide groups is 1. The van der Waals surface area contributed by atoms with Crippen LogP contribution in [0.15, 0.2) is 97.1 Å². The number of para-hydroxylation sites is 1. The zero-order chi connectivity index (χ0) is 24.4. The molecule has 7 nitrogen and oxygen atoms in total. The lowest BCUT2D eigenvalue weighted by molar-refractivity contribution is -0.133. The number of ether oxygens (including phenoxy) is 1. The molecule has 4 aromatic carbocycles. The Morgan fingerprint density at radius 1 is 0.857 bits per heavy atom. The van der Waals surface area contributed by atoms with Crippen molar-refractivity contribution in [3.05, 3.63) is 103 Å². The van der Waals surface area contributed by atoms with Crippen LogP contribution in [-0.2, 0) is 15.1 Å². The molecule has 4 aromatic rings. The fraction of sp³-hybridized carbons (Fsp3) is 0.107. The van der Waals surface area contributed by atoms with Gasteiger partial charge in [-0.3, -0.25) is 14.5 Å². The van der Waals surface area contributed by atoms with E-state index in [0.29, 0.717) is 22.7 Å². The molecule has 174 valence electrons. The highest BCUT2D eigenvalue weighted by Gasteiger charge is 2.49. The fourth-order valence-electron chi connectivity index (χ4n) is 4.11. The molecule has 1 fully saturated rings. The summed E-state index contributed by atoms with van der Waals surface area (Å²) in [4.78, 5) is 39.5. The number of benzene rings is 4. The first kappa shape index (κ1) is 22.2. The van der Waals surface area contributed by atoms with Crippen molar-refractivity contribution in [3.8, 4) is 11.5 Å². The normalized spacial score (nSPS) is 17.3. The summed E-state index contributed by atoms with van der Waals surface area (Å²) in [6.07, 6.45) is 0. The molecule has 0 radical (unpaired) electrons. The highest BCUT2D eigenvalue weighted by atomic mass is 16.5. The molecule has 1 unspecified atom stereocenters. The summed E-state index contributed by atoms with van der Waals surface area (Å²) in [6.45, 7) is 1.26. The third-order valence-corrected chi connectivity index (χ3v) is 6.02. The van der Waals surface area contributed by atoms with Gasteiger partial charge < -0.3 is 15.4 Å². The van der Waals surface area contributed by atoms with Gasteiger partial charge in [-0.05, 0) is 65.7 Å². The van der Waals surface area contributed by atoms with E-state index in [0.717, 1.165) is 15.7 Å². The molecule has 4 amide bonds. The number of anilines is 1. The first-order chi connectivity index (χ1) is 16.9.